The molecule has 4 N–H and O–H groups in total. The molecule has 0 fully saturated rings. The number of nitrogens with one attached hydrogen (secondary N) is 3. The molecule has 2 aromatic carbocycles. The van der Waals surface area contributed by atoms with Crippen LogP contribution in [0.2, 0.25) is 0 Å². The van der Waals surface area contributed by atoms with Crippen molar-refractivity contribution in [2.75, 3.05) is 13.6 Å². The van der Waals surface area contributed by atoms with Crippen molar-refractivity contribution in [3.05, 3.63) is 71.3 Å². The predicted octanol–water partition coefficient (Wildman–Crippen LogP) is 2.32. The van der Waals surface area contributed by atoms with E-state index in [9.17, 15) is 19.1 Å². The van der Waals surface area contributed by atoms with Gasteiger partial charge in [0, 0.05) is 31.6 Å². The molecule has 0 aliphatic rings. The van der Waals surface area contributed by atoms with Crippen molar-refractivity contribution in [3.63, 3.8) is 0 Å². The van der Waals surface area contributed by atoms with E-state index in [-0.39, 0.29) is 30.6 Å². The Labute approximate surface area is 188 Å². The second-order valence-corrected chi connectivity index (χ2v) is 7.56. The number of aromatic amines is 1. The van der Waals surface area contributed by atoms with E-state index in [1.54, 1.807) is 26.2 Å². The van der Waals surface area contributed by atoms with Gasteiger partial charge in [-0.15, -0.1) is 0 Å². The van der Waals surface area contributed by atoms with Crippen molar-refractivity contribution < 1.29 is 19.1 Å². The van der Waals surface area contributed by atoms with Gasteiger partial charge in [0.2, 0.25) is 0 Å². The summed E-state index contributed by atoms with van der Waals surface area (Å²) in [6.07, 6.45) is -0.527. The highest BCUT2D eigenvalue weighted by Crippen LogP contribution is 2.25. The smallest absolute Gasteiger partial charge is 0.272 e. The van der Waals surface area contributed by atoms with Crippen molar-refractivity contribution in [1.82, 2.24) is 30.6 Å². The van der Waals surface area contributed by atoms with Crippen LogP contribution in [-0.2, 0) is 7.05 Å². The molecule has 1 unspecified atom stereocenters. The maximum atomic E-state index is 13.0. The van der Waals surface area contributed by atoms with Gasteiger partial charge in [-0.3, -0.25) is 19.4 Å². The molecule has 0 aliphatic carbocycles. The van der Waals surface area contributed by atoms with E-state index in [0.29, 0.717) is 33.5 Å². The van der Waals surface area contributed by atoms with Gasteiger partial charge in [-0.05, 0) is 42.3 Å². The van der Waals surface area contributed by atoms with E-state index in [0.717, 1.165) is 5.56 Å². The van der Waals surface area contributed by atoms with Crippen molar-refractivity contribution in [1.29, 1.82) is 0 Å². The van der Waals surface area contributed by atoms with E-state index in [4.69, 9.17) is 0 Å². The Kier molecular flexibility index (Phi) is 6.18. The van der Waals surface area contributed by atoms with Crippen molar-refractivity contribution in [3.8, 4) is 11.3 Å². The molecule has 0 spiro atoms. The highest BCUT2D eigenvalue weighted by atomic mass is 19.1. The zero-order valence-corrected chi connectivity index (χ0v) is 18.1. The summed E-state index contributed by atoms with van der Waals surface area (Å²) in [5.41, 5.74) is 3.28. The number of carbonyl (C=O) groups excluding carboxylic acids is 2. The van der Waals surface area contributed by atoms with Crippen LogP contribution in [0.3, 0.4) is 0 Å². The second kappa shape index (κ2) is 9.21. The Morgan fingerprint density at radius 1 is 1.15 bits per heavy atom. The SMILES string of the molecule is CNC(=O)c1n[nH]c2cc(-c3cc(C(=O)NCCC(O)c4ccc(F)cc4)n(C)n3)ccc12. The molecule has 2 heterocycles. The van der Waals surface area contributed by atoms with Crippen molar-refractivity contribution >= 4 is 22.7 Å². The predicted molar refractivity (Wildman–Crippen MR) is 120 cm³/mol. The molecule has 0 bridgehead atoms. The first-order valence-electron chi connectivity index (χ1n) is 10.3. The monoisotopic (exact) mass is 450 g/mol. The van der Waals surface area contributed by atoms with Gasteiger partial charge in [0.05, 0.1) is 17.3 Å². The van der Waals surface area contributed by atoms with E-state index in [1.807, 2.05) is 12.1 Å². The van der Waals surface area contributed by atoms with Gasteiger partial charge in [-0.1, -0.05) is 18.2 Å². The maximum Gasteiger partial charge on any atom is 0.272 e. The number of nitrogens with zero attached hydrogens (tertiary/aromatic N) is 3. The van der Waals surface area contributed by atoms with Gasteiger partial charge in [-0.2, -0.15) is 10.2 Å². The summed E-state index contributed by atoms with van der Waals surface area (Å²) in [6, 6.07) is 12.7. The molecule has 0 aliphatic heterocycles. The second-order valence-electron chi connectivity index (χ2n) is 7.56. The van der Waals surface area contributed by atoms with Crippen LogP contribution in [0.5, 0.6) is 0 Å². The van der Waals surface area contributed by atoms with E-state index in [2.05, 4.69) is 25.9 Å². The lowest BCUT2D eigenvalue weighted by atomic mass is 10.1. The van der Waals surface area contributed by atoms with Crippen molar-refractivity contribution in [2.45, 2.75) is 12.5 Å². The standard InChI is InChI=1S/C23H23FN6O3/c1-25-23(33)21-16-8-5-14(11-18(16)27-28-21)17-12-19(30(2)29-17)22(32)26-10-9-20(31)13-3-6-15(24)7-4-13/h3-8,11-12,20,31H,9-10H2,1-2H3,(H,25,33)(H,26,32)(H,27,28). The largest absolute Gasteiger partial charge is 0.388 e. The third-order valence-electron chi connectivity index (χ3n) is 5.37. The topological polar surface area (TPSA) is 125 Å². The lowest BCUT2D eigenvalue weighted by Gasteiger charge is -2.11. The molecule has 0 radical (unpaired) electrons. The third-order valence-corrected chi connectivity index (χ3v) is 5.37. The number of rotatable bonds is 7. The summed E-state index contributed by atoms with van der Waals surface area (Å²) in [7, 11) is 3.21. The molecule has 4 rings (SSSR count). The fourth-order valence-corrected chi connectivity index (χ4v) is 3.56. The zero-order chi connectivity index (χ0) is 23.5. The molecule has 2 amide bonds. The number of hydrogen-bond acceptors (Lipinski definition) is 5. The molecule has 9 nitrogen and oxygen atoms in total. The first kappa shape index (κ1) is 22.2. The van der Waals surface area contributed by atoms with Crippen LogP contribution >= 0.6 is 0 Å². The van der Waals surface area contributed by atoms with Crippen LogP contribution in [0.15, 0.2) is 48.5 Å². The number of aromatic nitrogens is 4. The number of aliphatic hydroxyl groups excluding tert-OH is 1. The van der Waals surface area contributed by atoms with Crippen molar-refractivity contribution in [2.24, 2.45) is 7.05 Å². The minimum absolute atomic E-state index is 0.236. The summed E-state index contributed by atoms with van der Waals surface area (Å²) in [5.74, 6) is -0.979. The lowest BCUT2D eigenvalue weighted by Crippen LogP contribution is -2.27. The molecule has 1 atom stereocenters. The molecule has 2 aromatic heterocycles. The Hall–Kier alpha value is -4.05. The zero-order valence-electron chi connectivity index (χ0n) is 18.1. The summed E-state index contributed by atoms with van der Waals surface area (Å²) in [6.45, 7) is 0.236. The number of amides is 2. The highest BCUT2D eigenvalue weighted by molar-refractivity contribution is 6.05. The number of fused-ring (bicyclic) bond motifs is 1. The van der Waals surface area contributed by atoms with E-state index in [1.165, 1.54) is 28.9 Å². The number of aliphatic hydroxyl groups is 1. The minimum Gasteiger partial charge on any atom is -0.388 e. The van der Waals surface area contributed by atoms with Crippen LogP contribution in [-0.4, -0.2) is 50.5 Å². The molecule has 33 heavy (non-hydrogen) atoms. The third kappa shape index (κ3) is 4.60. The summed E-state index contributed by atoms with van der Waals surface area (Å²) < 4.78 is 14.5. The average molecular weight is 450 g/mol. The molecule has 10 heteroatoms. The molecule has 0 saturated heterocycles. The van der Waals surface area contributed by atoms with Crippen LogP contribution in [0.25, 0.3) is 22.2 Å². The Balaban J connectivity index is 1.43. The Bertz CT molecular complexity index is 1310. The normalized spacial score (nSPS) is 12.0. The first-order valence-corrected chi connectivity index (χ1v) is 10.3. The van der Waals surface area contributed by atoms with E-state index >= 15 is 0 Å². The quantitative estimate of drug-likeness (QED) is 0.344. The van der Waals surface area contributed by atoms with Crippen LogP contribution in [0, 0.1) is 5.82 Å². The van der Waals surface area contributed by atoms with Gasteiger partial charge in [0.25, 0.3) is 11.8 Å². The van der Waals surface area contributed by atoms with Gasteiger partial charge >= 0.3 is 0 Å². The Morgan fingerprint density at radius 2 is 1.91 bits per heavy atom. The van der Waals surface area contributed by atoms with Crippen LogP contribution in [0.1, 0.15) is 39.1 Å². The van der Waals surface area contributed by atoms with E-state index < -0.39 is 6.10 Å². The molecule has 0 saturated carbocycles. The lowest BCUT2D eigenvalue weighted by molar-refractivity contribution is 0.0930. The first-order chi connectivity index (χ1) is 15.9. The molecule has 170 valence electrons. The van der Waals surface area contributed by atoms with Gasteiger partial charge in [0.15, 0.2) is 5.69 Å². The van der Waals surface area contributed by atoms with Crippen LogP contribution < -0.4 is 10.6 Å². The fourth-order valence-electron chi connectivity index (χ4n) is 3.56. The number of aryl methyl sites for hydroxylation is 1. The van der Waals surface area contributed by atoms with Crippen LogP contribution in [0.4, 0.5) is 4.39 Å². The highest BCUT2D eigenvalue weighted by Gasteiger charge is 2.17. The molecular formula is C23H23FN6O3. The fraction of sp³-hybridized carbons (Fsp3) is 0.217. The number of halogens is 1. The molecular weight excluding hydrogens is 427 g/mol. The molecule has 4 aromatic rings. The van der Waals surface area contributed by atoms with Gasteiger partial charge in [0.1, 0.15) is 11.5 Å². The average Bonchev–Trinajstić information content (AvgIpc) is 3.42. The maximum absolute atomic E-state index is 13.0. The summed E-state index contributed by atoms with van der Waals surface area (Å²) in [4.78, 5) is 24.5. The summed E-state index contributed by atoms with van der Waals surface area (Å²) >= 11 is 0. The number of H-pyrrole nitrogens is 1. The summed E-state index contributed by atoms with van der Waals surface area (Å²) in [5, 5.41) is 27.6. The number of hydrogen-bond donors (Lipinski definition) is 4. The minimum atomic E-state index is -0.811. The number of carbonyl (C=O) groups is 2. The van der Waals surface area contributed by atoms with Gasteiger partial charge in [-0.25, -0.2) is 4.39 Å². The Morgan fingerprint density at radius 3 is 2.64 bits per heavy atom. The van der Waals surface area contributed by atoms with Gasteiger partial charge < -0.3 is 15.7 Å². The number of benzene rings is 2.